The largest absolute Gasteiger partial charge is 0.368 e. The Morgan fingerprint density at radius 1 is 1.26 bits per heavy atom. The number of aromatic nitrogens is 1. The molecule has 0 aliphatic carbocycles. The van der Waals surface area contributed by atoms with Gasteiger partial charge in [0.05, 0.1) is 0 Å². The van der Waals surface area contributed by atoms with E-state index < -0.39 is 11.6 Å². The van der Waals surface area contributed by atoms with Gasteiger partial charge in [-0.2, -0.15) is 0 Å². The second-order valence-electron chi connectivity index (χ2n) is 3.70. The molecule has 2 nitrogen and oxygen atoms in total. The minimum atomic E-state index is -0.699. The molecule has 0 fully saturated rings. The highest BCUT2D eigenvalue weighted by Gasteiger charge is 2.12. The Labute approximate surface area is 119 Å². The summed E-state index contributed by atoms with van der Waals surface area (Å²) in [6.45, 7) is 2.32. The van der Waals surface area contributed by atoms with Crippen LogP contribution in [0.4, 0.5) is 14.6 Å². The third-order valence-corrected chi connectivity index (χ3v) is 3.46. The summed E-state index contributed by atoms with van der Waals surface area (Å²) in [6.07, 6.45) is 0. The highest BCUT2D eigenvalue weighted by molar-refractivity contribution is 7.99. The lowest BCUT2D eigenvalue weighted by Gasteiger charge is -2.08. The molecular formula is C13H11ClF2N2S. The molecule has 0 saturated carbocycles. The van der Waals surface area contributed by atoms with E-state index in [9.17, 15) is 8.78 Å². The molecule has 0 amide bonds. The molecule has 100 valence electrons. The van der Waals surface area contributed by atoms with Crippen LogP contribution in [-0.4, -0.2) is 11.5 Å². The number of benzene rings is 1. The monoisotopic (exact) mass is 300 g/mol. The Morgan fingerprint density at radius 2 is 2.05 bits per heavy atom. The van der Waals surface area contributed by atoms with Gasteiger partial charge in [0.25, 0.3) is 0 Å². The number of hydrogen-bond donors (Lipinski definition) is 1. The maximum absolute atomic E-state index is 13.7. The summed E-state index contributed by atoms with van der Waals surface area (Å²) in [5.74, 6) is -1.34. The summed E-state index contributed by atoms with van der Waals surface area (Å²) in [6, 6.07) is 7.80. The van der Waals surface area contributed by atoms with Crippen LogP contribution in [0.3, 0.4) is 0 Å². The van der Waals surface area contributed by atoms with Crippen molar-refractivity contribution in [3.8, 4) is 0 Å². The Kier molecular flexibility index (Phi) is 4.61. The average Bonchev–Trinajstić information content (AvgIpc) is 2.35. The van der Waals surface area contributed by atoms with Crippen molar-refractivity contribution in [3.05, 3.63) is 47.0 Å². The van der Waals surface area contributed by atoms with Gasteiger partial charge in [-0.25, -0.2) is 13.8 Å². The van der Waals surface area contributed by atoms with Gasteiger partial charge in [0.15, 0.2) is 17.5 Å². The molecule has 1 N–H and O–H groups in total. The minimum absolute atomic E-state index is 0.0495. The van der Waals surface area contributed by atoms with E-state index >= 15 is 0 Å². The van der Waals surface area contributed by atoms with Gasteiger partial charge in [-0.05, 0) is 25.1 Å². The summed E-state index contributed by atoms with van der Waals surface area (Å²) >= 11 is 6.96. The first kappa shape index (κ1) is 14.1. The van der Waals surface area contributed by atoms with Crippen LogP contribution in [0.5, 0.6) is 0 Å². The lowest BCUT2D eigenvalue weighted by molar-refractivity contribution is 0.551. The van der Waals surface area contributed by atoms with Crippen LogP contribution in [0.15, 0.2) is 40.3 Å². The van der Waals surface area contributed by atoms with E-state index in [1.54, 1.807) is 24.3 Å². The van der Waals surface area contributed by atoms with Crippen molar-refractivity contribution in [2.75, 3.05) is 11.9 Å². The first-order chi connectivity index (χ1) is 9.10. The number of hydrogen-bond acceptors (Lipinski definition) is 3. The third-order valence-electron chi connectivity index (χ3n) is 2.25. The fourth-order valence-corrected chi connectivity index (χ4v) is 2.56. The Bertz CT molecular complexity index is 593. The van der Waals surface area contributed by atoms with E-state index in [1.807, 2.05) is 6.92 Å². The van der Waals surface area contributed by atoms with Crippen LogP contribution in [0.25, 0.3) is 0 Å². The van der Waals surface area contributed by atoms with Gasteiger partial charge in [-0.15, -0.1) is 0 Å². The van der Waals surface area contributed by atoms with Crippen molar-refractivity contribution in [1.29, 1.82) is 0 Å². The molecule has 0 unspecified atom stereocenters. The molecule has 0 spiro atoms. The second kappa shape index (κ2) is 6.21. The number of rotatable bonds is 4. The number of nitrogens with zero attached hydrogens (tertiary/aromatic N) is 1. The van der Waals surface area contributed by atoms with E-state index in [0.717, 1.165) is 22.7 Å². The maximum Gasteiger partial charge on any atom is 0.168 e. The molecule has 0 bridgehead atoms. The van der Waals surface area contributed by atoms with Gasteiger partial charge < -0.3 is 5.32 Å². The zero-order valence-electron chi connectivity index (χ0n) is 10.1. The van der Waals surface area contributed by atoms with Crippen LogP contribution < -0.4 is 5.32 Å². The standard InChI is InChI=1S/C13H11ClF2N2S/c1-2-17-12-10(15)7-11(16)13(18-12)19-9-5-3-4-8(14)6-9/h3-7H,2H2,1H3,(H,17,18). The summed E-state index contributed by atoms with van der Waals surface area (Å²) in [5, 5.41) is 3.41. The number of pyridine rings is 1. The first-order valence-corrected chi connectivity index (χ1v) is 6.83. The van der Waals surface area contributed by atoms with Crippen LogP contribution >= 0.6 is 23.4 Å². The lowest BCUT2D eigenvalue weighted by atomic mass is 10.4. The average molecular weight is 301 g/mol. The van der Waals surface area contributed by atoms with Crippen LogP contribution in [0.2, 0.25) is 5.02 Å². The Balaban J connectivity index is 2.31. The van der Waals surface area contributed by atoms with Crippen molar-refractivity contribution in [3.63, 3.8) is 0 Å². The number of anilines is 1. The second-order valence-corrected chi connectivity index (χ2v) is 5.19. The van der Waals surface area contributed by atoms with Crippen LogP contribution in [0, 0.1) is 11.6 Å². The van der Waals surface area contributed by atoms with Gasteiger partial charge in [0, 0.05) is 22.5 Å². The number of halogens is 3. The fraction of sp³-hybridized carbons (Fsp3) is 0.154. The molecule has 2 aromatic rings. The molecule has 1 aromatic heterocycles. The van der Waals surface area contributed by atoms with Crippen molar-refractivity contribution >= 4 is 29.2 Å². The molecular weight excluding hydrogens is 290 g/mol. The van der Waals surface area contributed by atoms with E-state index in [2.05, 4.69) is 10.3 Å². The fourth-order valence-electron chi connectivity index (χ4n) is 1.45. The SMILES string of the molecule is CCNc1nc(Sc2cccc(Cl)c2)c(F)cc1F. The van der Waals surface area contributed by atoms with E-state index in [1.165, 1.54) is 0 Å². The zero-order chi connectivity index (χ0) is 13.8. The van der Waals surface area contributed by atoms with Gasteiger partial charge >= 0.3 is 0 Å². The molecule has 0 atom stereocenters. The highest BCUT2D eigenvalue weighted by atomic mass is 35.5. The summed E-state index contributed by atoms with van der Waals surface area (Å²) in [5.41, 5.74) is 0. The van der Waals surface area contributed by atoms with Crippen molar-refractivity contribution in [1.82, 2.24) is 4.98 Å². The smallest absolute Gasteiger partial charge is 0.168 e. The van der Waals surface area contributed by atoms with Crippen molar-refractivity contribution < 1.29 is 8.78 Å². The molecule has 0 aliphatic rings. The normalized spacial score (nSPS) is 10.5. The molecule has 0 radical (unpaired) electrons. The predicted octanol–water partition coefficient (Wildman–Crippen LogP) is 4.60. The Morgan fingerprint density at radius 3 is 2.74 bits per heavy atom. The molecule has 2 rings (SSSR count). The van der Waals surface area contributed by atoms with Crippen molar-refractivity contribution in [2.45, 2.75) is 16.8 Å². The van der Waals surface area contributed by atoms with E-state index in [-0.39, 0.29) is 10.8 Å². The number of nitrogens with one attached hydrogen (secondary N) is 1. The molecule has 0 aliphatic heterocycles. The van der Waals surface area contributed by atoms with E-state index in [0.29, 0.717) is 11.6 Å². The molecule has 1 aromatic carbocycles. The summed E-state index contributed by atoms with van der Waals surface area (Å²) < 4.78 is 27.1. The van der Waals surface area contributed by atoms with E-state index in [4.69, 9.17) is 11.6 Å². The van der Waals surface area contributed by atoms with Gasteiger partial charge in [-0.3, -0.25) is 0 Å². The van der Waals surface area contributed by atoms with Gasteiger partial charge in [0.2, 0.25) is 0 Å². The lowest BCUT2D eigenvalue weighted by Crippen LogP contribution is -2.04. The molecule has 1 heterocycles. The minimum Gasteiger partial charge on any atom is -0.368 e. The highest BCUT2D eigenvalue weighted by Crippen LogP contribution is 2.31. The van der Waals surface area contributed by atoms with Crippen LogP contribution in [0.1, 0.15) is 6.92 Å². The topological polar surface area (TPSA) is 24.9 Å². The quantitative estimate of drug-likeness (QED) is 0.893. The van der Waals surface area contributed by atoms with Gasteiger partial charge in [-0.1, -0.05) is 29.4 Å². The maximum atomic E-state index is 13.7. The molecule has 19 heavy (non-hydrogen) atoms. The summed E-state index contributed by atoms with van der Waals surface area (Å²) in [7, 11) is 0. The molecule has 0 saturated heterocycles. The Hall–Kier alpha value is -1.33. The molecule has 6 heteroatoms. The van der Waals surface area contributed by atoms with Crippen LogP contribution in [-0.2, 0) is 0 Å². The predicted molar refractivity (Wildman–Crippen MR) is 73.9 cm³/mol. The van der Waals surface area contributed by atoms with Crippen molar-refractivity contribution in [2.24, 2.45) is 0 Å². The third kappa shape index (κ3) is 3.58. The van der Waals surface area contributed by atoms with Gasteiger partial charge in [0.1, 0.15) is 5.03 Å². The zero-order valence-corrected chi connectivity index (χ0v) is 11.7. The first-order valence-electron chi connectivity index (χ1n) is 5.63. The summed E-state index contributed by atoms with van der Waals surface area (Å²) in [4.78, 5) is 4.69.